The third-order valence-corrected chi connectivity index (χ3v) is 2.35. The quantitative estimate of drug-likeness (QED) is 0.695. The highest BCUT2D eigenvalue weighted by atomic mass is 16.5. The topological polar surface area (TPSA) is 75.1 Å². The third-order valence-electron chi connectivity index (χ3n) is 2.35. The summed E-state index contributed by atoms with van der Waals surface area (Å²) < 4.78 is 9.94. The lowest BCUT2D eigenvalue weighted by Gasteiger charge is -2.12. The second kappa shape index (κ2) is 3.65. The van der Waals surface area contributed by atoms with Crippen molar-refractivity contribution in [1.82, 2.24) is 4.98 Å². The fourth-order valence-corrected chi connectivity index (χ4v) is 1.65. The number of fused-ring (bicyclic) bond motifs is 1. The molecule has 1 N–H and O–H groups in total. The van der Waals surface area contributed by atoms with Crippen LogP contribution in [0, 0.1) is 11.3 Å². The molecule has 0 fully saturated rings. The summed E-state index contributed by atoms with van der Waals surface area (Å²) in [5.41, 5.74) is 1.24. The van der Waals surface area contributed by atoms with Crippen LogP contribution < -0.4 is 4.74 Å². The molecule has 0 aromatic carbocycles. The van der Waals surface area contributed by atoms with Crippen molar-refractivity contribution < 1.29 is 14.3 Å². The van der Waals surface area contributed by atoms with Gasteiger partial charge in [0, 0.05) is 0 Å². The van der Waals surface area contributed by atoms with Gasteiger partial charge in [-0.2, -0.15) is 5.26 Å². The lowest BCUT2D eigenvalue weighted by atomic mass is 10.1. The molecular formula is C10H10N2O3. The van der Waals surface area contributed by atoms with Gasteiger partial charge in [0.25, 0.3) is 0 Å². The number of carbonyl (C=O) groups is 1. The molecule has 0 bridgehead atoms. The van der Waals surface area contributed by atoms with E-state index in [1.807, 2.05) is 6.07 Å². The first kappa shape index (κ1) is 9.59. The van der Waals surface area contributed by atoms with Crippen molar-refractivity contribution in [3.63, 3.8) is 0 Å². The van der Waals surface area contributed by atoms with Crippen molar-refractivity contribution in [3.8, 4) is 11.8 Å². The molecule has 78 valence electrons. The minimum Gasteiger partial charge on any atom is -0.490 e. The molecule has 0 unspecified atom stereocenters. The lowest BCUT2D eigenvalue weighted by molar-refractivity contribution is 0.0594. The van der Waals surface area contributed by atoms with Gasteiger partial charge in [-0.15, -0.1) is 0 Å². The van der Waals surface area contributed by atoms with Crippen molar-refractivity contribution in [2.45, 2.75) is 12.8 Å². The first-order chi connectivity index (χ1) is 7.27. The number of hydrogen-bond donors (Lipinski definition) is 1. The minimum atomic E-state index is -0.537. The zero-order valence-corrected chi connectivity index (χ0v) is 8.29. The van der Waals surface area contributed by atoms with Gasteiger partial charge >= 0.3 is 5.97 Å². The molecule has 1 aromatic heterocycles. The van der Waals surface area contributed by atoms with Crippen molar-refractivity contribution in [2.24, 2.45) is 0 Å². The van der Waals surface area contributed by atoms with E-state index in [9.17, 15) is 4.79 Å². The van der Waals surface area contributed by atoms with E-state index in [4.69, 9.17) is 10.00 Å². The molecule has 0 aliphatic carbocycles. The SMILES string of the molecule is COC(=O)c1[nH]c2c(c1C#N)OCCC2. The van der Waals surface area contributed by atoms with Crippen LogP contribution in [0.2, 0.25) is 0 Å². The number of carbonyl (C=O) groups excluding carboxylic acids is 1. The summed E-state index contributed by atoms with van der Waals surface area (Å²) >= 11 is 0. The van der Waals surface area contributed by atoms with Crippen LogP contribution in [0.25, 0.3) is 0 Å². The molecule has 1 aliphatic heterocycles. The van der Waals surface area contributed by atoms with Crippen LogP contribution in [0.3, 0.4) is 0 Å². The van der Waals surface area contributed by atoms with Gasteiger partial charge in [0.05, 0.1) is 19.4 Å². The highest BCUT2D eigenvalue weighted by molar-refractivity contribution is 5.91. The summed E-state index contributed by atoms with van der Waals surface area (Å²) in [6, 6.07) is 1.96. The Morgan fingerprint density at radius 2 is 2.47 bits per heavy atom. The van der Waals surface area contributed by atoms with Gasteiger partial charge in [0.15, 0.2) is 5.75 Å². The molecule has 1 aliphatic rings. The Morgan fingerprint density at radius 1 is 1.67 bits per heavy atom. The van der Waals surface area contributed by atoms with Crippen LogP contribution in [-0.4, -0.2) is 24.7 Å². The van der Waals surface area contributed by atoms with Gasteiger partial charge in [-0.05, 0) is 12.8 Å². The summed E-state index contributed by atoms with van der Waals surface area (Å²) in [6.45, 7) is 0.583. The van der Waals surface area contributed by atoms with Crippen molar-refractivity contribution in [3.05, 3.63) is 17.0 Å². The molecule has 0 saturated heterocycles. The maximum Gasteiger partial charge on any atom is 0.356 e. The van der Waals surface area contributed by atoms with Crippen LogP contribution in [0.15, 0.2) is 0 Å². The second-order valence-corrected chi connectivity index (χ2v) is 3.24. The molecule has 2 rings (SSSR count). The maximum absolute atomic E-state index is 11.4. The number of H-pyrrole nitrogens is 1. The Kier molecular flexibility index (Phi) is 2.34. The van der Waals surface area contributed by atoms with Crippen molar-refractivity contribution in [2.75, 3.05) is 13.7 Å². The molecule has 15 heavy (non-hydrogen) atoms. The second-order valence-electron chi connectivity index (χ2n) is 3.24. The Balaban J connectivity index is 2.52. The molecule has 0 amide bonds. The van der Waals surface area contributed by atoms with Gasteiger partial charge in [-0.1, -0.05) is 0 Å². The van der Waals surface area contributed by atoms with E-state index >= 15 is 0 Å². The average molecular weight is 206 g/mol. The molecular weight excluding hydrogens is 196 g/mol. The largest absolute Gasteiger partial charge is 0.490 e. The first-order valence-corrected chi connectivity index (χ1v) is 4.64. The highest BCUT2D eigenvalue weighted by Gasteiger charge is 2.25. The van der Waals surface area contributed by atoms with Gasteiger partial charge in [-0.25, -0.2) is 4.79 Å². The minimum absolute atomic E-state index is 0.187. The summed E-state index contributed by atoms with van der Waals surface area (Å²) in [6.07, 6.45) is 1.68. The van der Waals surface area contributed by atoms with Crippen LogP contribution in [-0.2, 0) is 11.2 Å². The number of nitrogens with one attached hydrogen (secondary N) is 1. The number of aromatic amines is 1. The third kappa shape index (κ3) is 1.44. The Hall–Kier alpha value is -1.96. The van der Waals surface area contributed by atoms with E-state index in [0.717, 1.165) is 18.5 Å². The standard InChI is InChI=1S/C10H10N2O3/c1-14-10(13)8-6(5-11)9-7(12-8)3-2-4-15-9/h12H,2-4H2,1H3. The van der Waals surface area contributed by atoms with E-state index in [0.29, 0.717) is 12.4 Å². The van der Waals surface area contributed by atoms with Crippen LogP contribution in [0.4, 0.5) is 0 Å². The summed E-state index contributed by atoms with van der Waals surface area (Å²) in [7, 11) is 1.28. The number of aryl methyl sites for hydroxylation is 1. The number of nitriles is 1. The number of aromatic nitrogens is 1. The smallest absolute Gasteiger partial charge is 0.356 e. The Bertz CT molecular complexity index is 442. The van der Waals surface area contributed by atoms with E-state index in [1.165, 1.54) is 7.11 Å². The number of methoxy groups -OCH3 is 1. The van der Waals surface area contributed by atoms with Crippen LogP contribution in [0.1, 0.15) is 28.2 Å². The van der Waals surface area contributed by atoms with Crippen LogP contribution in [0.5, 0.6) is 5.75 Å². The van der Waals surface area contributed by atoms with E-state index in [2.05, 4.69) is 9.72 Å². The average Bonchev–Trinajstić information content (AvgIpc) is 2.66. The van der Waals surface area contributed by atoms with Gasteiger partial charge in [0.2, 0.25) is 0 Å². The van der Waals surface area contributed by atoms with Gasteiger partial charge in [0.1, 0.15) is 17.3 Å². The van der Waals surface area contributed by atoms with E-state index in [-0.39, 0.29) is 11.3 Å². The number of esters is 1. The van der Waals surface area contributed by atoms with Crippen molar-refractivity contribution in [1.29, 1.82) is 5.26 Å². The van der Waals surface area contributed by atoms with E-state index in [1.54, 1.807) is 0 Å². The lowest BCUT2D eigenvalue weighted by Crippen LogP contribution is -2.07. The first-order valence-electron chi connectivity index (χ1n) is 4.64. The number of ether oxygens (including phenoxy) is 2. The van der Waals surface area contributed by atoms with Gasteiger partial charge < -0.3 is 14.5 Å². The Labute approximate surface area is 86.6 Å². The molecule has 5 heteroatoms. The summed E-state index contributed by atoms with van der Waals surface area (Å²) in [5, 5.41) is 8.95. The van der Waals surface area contributed by atoms with Gasteiger partial charge in [-0.3, -0.25) is 0 Å². The van der Waals surface area contributed by atoms with Crippen molar-refractivity contribution >= 4 is 5.97 Å². The molecule has 1 aromatic rings. The zero-order valence-electron chi connectivity index (χ0n) is 8.29. The fraction of sp³-hybridized carbons (Fsp3) is 0.400. The highest BCUT2D eigenvalue weighted by Crippen LogP contribution is 2.31. The molecule has 0 saturated carbocycles. The normalized spacial score (nSPS) is 13.6. The molecule has 0 radical (unpaired) electrons. The molecule has 2 heterocycles. The zero-order chi connectivity index (χ0) is 10.8. The molecule has 0 spiro atoms. The molecule has 0 atom stereocenters. The fourth-order valence-electron chi connectivity index (χ4n) is 1.65. The maximum atomic E-state index is 11.4. The Morgan fingerprint density at radius 3 is 3.13 bits per heavy atom. The number of hydrogen-bond acceptors (Lipinski definition) is 4. The molecule has 5 nitrogen and oxygen atoms in total. The predicted octanol–water partition coefficient (Wildman–Crippen LogP) is 0.998. The number of nitrogens with zero attached hydrogens (tertiary/aromatic N) is 1. The monoisotopic (exact) mass is 206 g/mol. The summed E-state index contributed by atoms with van der Waals surface area (Å²) in [4.78, 5) is 14.2. The number of rotatable bonds is 1. The predicted molar refractivity (Wildman–Crippen MR) is 50.7 cm³/mol. The summed E-state index contributed by atoms with van der Waals surface area (Å²) in [5.74, 6) is -0.0336. The van der Waals surface area contributed by atoms with Crippen LogP contribution >= 0.6 is 0 Å². The van der Waals surface area contributed by atoms with E-state index < -0.39 is 5.97 Å².